The van der Waals surface area contributed by atoms with Gasteiger partial charge in [-0.15, -0.1) is 0 Å². The highest BCUT2D eigenvalue weighted by molar-refractivity contribution is 5.84. The molecule has 2 aromatic rings. The smallest absolute Gasteiger partial charge is 0.181 e. The Bertz CT molecular complexity index is 1100. The van der Waals surface area contributed by atoms with E-state index in [9.17, 15) is 5.11 Å². The first-order chi connectivity index (χ1) is 21.5. The second kappa shape index (κ2) is 19.1. The van der Waals surface area contributed by atoms with Gasteiger partial charge in [-0.1, -0.05) is 114 Å². The maximum Gasteiger partial charge on any atom is 0.181 e. The van der Waals surface area contributed by atoms with Gasteiger partial charge in [-0.25, -0.2) is 0 Å². The number of aryl methyl sites for hydroxylation is 1. The Morgan fingerprint density at radius 3 is 2.09 bits per heavy atom. The minimum absolute atomic E-state index is 0.145. The van der Waals surface area contributed by atoms with Crippen molar-refractivity contribution in [1.29, 1.82) is 0 Å². The number of methoxy groups -OCH3 is 2. The van der Waals surface area contributed by atoms with Crippen molar-refractivity contribution >= 4 is 10.8 Å². The van der Waals surface area contributed by atoms with Crippen LogP contribution in [0, 0.1) is 23.7 Å². The molecular formula is C40H62O4. The zero-order chi connectivity index (χ0) is 31.1. The first kappa shape index (κ1) is 35.1. The zero-order valence-corrected chi connectivity index (χ0v) is 28.2. The van der Waals surface area contributed by atoms with Crippen LogP contribution in [0.5, 0.6) is 0 Å². The molecule has 2 saturated carbocycles. The molecule has 2 aliphatic rings. The Hall–Kier alpha value is -1.72. The molecule has 0 radical (unpaired) electrons. The number of hydrogen-bond acceptors (Lipinski definition) is 4. The van der Waals surface area contributed by atoms with Gasteiger partial charge in [0, 0.05) is 25.7 Å². The van der Waals surface area contributed by atoms with E-state index in [-0.39, 0.29) is 12.5 Å². The van der Waals surface area contributed by atoms with Crippen LogP contribution in [0.2, 0.25) is 0 Å². The van der Waals surface area contributed by atoms with Crippen molar-refractivity contribution in [2.75, 3.05) is 34.0 Å². The number of ether oxygens (including phenoxy) is 3. The molecule has 0 saturated heterocycles. The monoisotopic (exact) mass is 606 g/mol. The van der Waals surface area contributed by atoms with Crippen molar-refractivity contribution in [3.05, 3.63) is 59.7 Å². The predicted molar refractivity (Wildman–Crippen MR) is 184 cm³/mol. The molecule has 0 bridgehead atoms. The molecule has 4 nitrogen and oxygen atoms in total. The van der Waals surface area contributed by atoms with Crippen LogP contribution >= 0.6 is 0 Å². The molecule has 0 heterocycles. The lowest BCUT2D eigenvalue weighted by molar-refractivity contribution is -0.116. The van der Waals surface area contributed by atoms with E-state index < -0.39 is 6.29 Å². The van der Waals surface area contributed by atoms with Crippen LogP contribution in [0.3, 0.4) is 0 Å². The fourth-order valence-electron chi connectivity index (χ4n) is 7.94. The summed E-state index contributed by atoms with van der Waals surface area (Å²) < 4.78 is 16.7. The summed E-state index contributed by atoms with van der Waals surface area (Å²) in [6, 6.07) is 14.2. The van der Waals surface area contributed by atoms with Gasteiger partial charge in [0.05, 0.1) is 19.8 Å². The van der Waals surface area contributed by atoms with E-state index in [2.05, 4.69) is 49.9 Å². The predicted octanol–water partition coefficient (Wildman–Crippen LogP) is 10.0. The van der Waals surface area contributed by atoms with E-state index in [1.165, 1.54) is 106 Å². The first-order valence-electron chi connectivity index (χ1n) is 18.0. The Kier molecular flexibility index (Phi) is 15.2. The number of hydrogen-bond donors (Lipinski definition) is 1. The largest absolute Gasteiger partial charge is 0.392 e. The van der Waals surface area contributed by atoms with Gasteiger partial charge in [0.25, 0.3) is 0 Å². The number of aliphatic hydroxyl groups excluding tert-OH is 1. The summed E-state index contributed by atoms with van der Waals surface area (Å²) in [6.07, 6.45) is 21.6. The van der Waals surface area contributed by atoms with E-state index in [1.807, 2.05) is 0 Å². The highest BCUT2D eigenvalue weighted by Crippen LogP contribution is 2.41. The van der Waals surface area contributed by atoms with Crippen molar-refractivity contribution in [1.82, 2.24) is 0 Å². The lowest BCUT2D eigenvalue weighted by Crippen LogP contribution is -2.25. The van der Waals surface area contributed by atoms with Crippen molar-refractivity contribution in [2.24, 2.45) is 23.7 Å². The van der Waals surface area contributed by atoms with E-state index in [4.69, 9.17) is 14.2 Å². The van der Waals surface area contributed by atoms with Crippen molar-refractivity contribution < 1.29 is 19.3 Å². The number of benzene rings is 2. The quantitative estimate of drug-likeness (QED) is 0.0982. The topological polar surface area (TPSA) is 47.9 Å². The van der Waals surface area contributed by atoms with Crippen LogP contribution in [0.1, 0.15) is 120 Å². The van der Waals surface area contributed by atoms with Gasteiger partial charge in [0.2, 0.25) is 0 Å². The van der Waals surface area contributed by atoms with E-state index in [0.717, 1.165) is 36.5 Å². The van der Waals surface area contributed by atoms with E-state index in [0.29, 0.717) is 18.8 Å². The third kappa shape index (κ3) is 11.0. The Morgan fingerprint density at radius 2 is 1.45 bits per heavy atom. The number of unbranched alkanes of at least 4 members (excludes halogenated alkanes) is 2. The Morgan fingerprint density at radius 1 is 0.818 bits per heavy atom. The Labute approximate surface area is 268 Å². The molecule has 2 fully saturated rings. The van der Waals surface area contributed by atoms with Gasteiger partial charge < -0.3 is 19.3 Å². The fourth-order valence-corrected chi connectivity index (χ4v) is 7.94. The molecule has 2 aliphatic carbocycles. The maximum absolute atomic E-state index is 9.35. The average Bonchev–Trinajstić information content (AvgIpc) is 3.07. The van der Waals surface area contributed by atoms with Crippen molar-refractivity contribution in [2.45, 2.75) is 122 Å². The molecule has 4 heteroatoms. The third-order valence-electron chi connectivity index (χ3n) is 10.9. The molecular weight excluding hydrogens is 544 g/mol. The van der Waals surface area contributed by atoms with Crippen molar-refractivity contribution in [3.8, 4) is 0 Å². The molecule has 2 unspecified atom stereocenters. The molecule has 0 amide bonds. The van der Waals surface area contributed by atoms with Crippen LogP contribution < -0.4 is 0 Å². The van der Waals surface area contributed by atoms with Gasteiger partial charge in [-0.3, -0.25) is 0 Å². The zero-order valence-electron chi connectivity index (χ0n) is 28.2. The van der Waals surface area contributed by atoms with Crippen LogP contribution in [-0.4, -0.2) is 45.4 Å². The van der Waals surface area contributed by atoms with Crippen LogP contribution in [-0.2, 0) is 20.6 Å². The van der Waals surface area contributed by atoms with Gasteiger partial charge in [0.15, 0.2) is 6.29 Å². The number of rotatable bonds is 19. The summed E-state index contributed by atoms with van der Waals surface area (Å²) in [6.45, 7) is 7.14. The van der Waals surface area contributed by atoms with E-state index in [1.54, 1.807) is 19.8 Å². The van der Waals surface area contributed by atoms with Gasteiger partial charge >= 0.3 is 0 Å². The van der Waals surface area contributed by atoms with Crippen LogP contribution in [0.4, 0.5) is 0 Å². The first-order valence-corrected chi connectivity index (χ1v) is 18.0. The third-order valence-corrected chi connectivity index (χ3v) is 10.9. The van der Waals surface area contributed by atoms with Gasteiger partial charge in [0.1, 0.15) is 0 Å². The lowest BCUT2D eigenvalue weighted by Gasteiger charge is -2.32. The van der Waals surface area contributed by atoms with Crippen LogP contribution in [0.15, 0.2) is 48.6 Å². The number of fused-ring (bicyclic) bond motifs is 1. The molecule has 0 aromatic heterocycles. The maximum atomic E-state index is 9.35. The summed E-state index contributed by atoms with van der Waals surface area (Å²) in [5, 5.41) is 12.0. The molecule has 0 spiro atoms. The van der Waals surface area contributed by atoms with Crippen LogP contribution in [0.25, 0.3) is 10.8 Å². The second-order valence-electron chi connectivity index (χ2n) is 14.2. The average molecular weight is 607 g/mol. The molecule has 2 aromatic carbocycles. The summed E-state index contributed by atoms with van der Waals surface area (Å²) in [5.41, 5.74) is 3.42. The lowest BCUT2D eigenvalue weighted by atomic mass is 9.74. The summed E-state index contributed by atoms with van der Waals surface area (Å²) in [5.74, 6) is 3.97. The minimum Gasteiger partial charge on any atom is -0.392 e. The fraction of sp³-hybridized carbons (Fsp3) is 0.700. The minimum atomic E-state index is -0.584. The molecule has 1 N–H and O–H groups in total. The SMILES string of the molecule is C=C(CO)C(OC)OCC(CCc1ccc2cc(C3CCC(CCC4CCC(CCCCC)CC4)CC3)ccc2c1)COC. The summed E-state index contributed by atoms with van der Waals surface area (Å²) >= 11 is 0. The van der Waals surface area contributed by atoms with Gasteiger partial charge in [-0.2, -0.15) is 0 Å². The highest BCUT2D eigenvalue weighted by Gasteiger charge is 2.25. The molecule has 44 heavy (non-hydrogen) atoms. The van der Waals surface area contributed by atoms with E-state index >= 15 is 0 Å². The molecule has 246 valence electrons. The second-order valence-corrected chi connectivity index (χ2v) is 14.2. The standard InChI is InChI=1S/C40H62O4/c1-5-6-7-8-31-9-11-32(12-10-31)13-14-33-17-20-36(21-18-33)38-24-23-37-25-34(19-22-39(37)26-38)15-16-35(28-42-3)29-44-40(43-4)30(2)27-41/h19,22-26,31-33,35-36,40-41H,2,5-18,20-21,27-29H2,1,3-4H3. The Balaban J connectivity index is 1.20. The molecule has 2 atom stereocenters. The summed E-state index contributed by atoms with van der Waals surface area (Å²) in [4.78, 5) is 0. The van der Waals surface area contributed by atoms with Gasteiger partial charge in [-0.05, 0) is 84.1 Å². The highest BCUT2D eigenvalue weighted by atomic mass is 16.7. The number of aliphatic hydroxyl groups is 1. The normalized spacial score (nSPS) is 23.9. The van der Waals surface area contributed by atoms with Crippen molar-refractivity contribution in [3.63, 3.8) is 0 Å². The molecule has 4 rings (SSSR count). The summed E-state index contributed by atoms with van der Waals surface area (Å²) in [7, 11) is 3.30. The molecule has 0 aliphatic heterocycles.